The topological polar surface area (TPSA) is 48.8 Å². The summed E-state index contributed by atoms with van der Waals surface area (Å²) in [5.41, 5.74) is 8.94. The monoisotopic (exact) mass is 1020 g/mol. The third kappa shape index (κ3) is 8.37. The molecule has 0 bridgehead atoms. The quantitative estimate of drug-likeness (QED) is 0.107. The molecule has 64 heavy (non-hydrogen) atoms. The van der Waals surface area contributed by atoms with Crippen molar-refractivity contribution in [3.05, 3.63) is 204 Å². The Morgan fingerprint density at radius 1 is 0.531 bits per heavy atom. The maximum Gasteiger partial charge on any atom is 0.211 e. The molecule has 0 aliphatic carbocycles. The van der Waals surface area contributed by atoms with Gasteiger partial charge in [0.2, 0.25) is 12.2 Å². The first-order valence-electron chi connectivity index (χ1n) is 21.8. The van der Waals surface area contributed by atoms with Gasteiger partial charge in [0.15, 0.2) is 0 Å². The van der Waals surface area contributed by atoms with E-state index in [0.717, 1.165) is 44.7 Å². The van der Waals surface area contributed by atoms with Crippen LogP contribution >= 0.6 is 0 Å². The maximum absolute atomic E-state index is 6.63. The first-order chi connectivity index (χ1) is 30.0. The van der Waals surface area contributed by atoms with Crippen LogP contribution in [-0.4, -0.2) is 19.3 Å². The number of aromatic nitrogens is 5. The summed E-state index contributed by atoms with van der Waals surface area (Å²) in [6.45, 7) is 22.6. The molecule has 0 radical (unpaired) electrons. The van der Waals surface area contributed by atoms with Gasteiger partial charge >= 0.3 is 0 Å². The Balaban J connectivity index is 0.00000560. The molecule has 0 spiro atoms. The van der Waals surface area contributed by atoms with Crippen LogP contribution in [0.2, 0.25) is 0 Å². The van der Waals surface area contributed by atoms with Crippen LogP contribution in [0.3, 0.4) is 0 Å². The van der Waals surface area contributed by atoms with Gasteiger partial charge in [0.05, 0.1) is 0 Å². The zero-order chi connectivity index (χ0) is 44.3. The molecular weight excluding hydrogens is 966 g/mol. The van der Waals surface area contributed by atoms with Gasteiger partial charge in [-0.1, -0.05) is 172 Å². The summed E-state index contributed by atoms with van der Waals surface area (Å²) in [7, 11) is 0. The van der Waals surface area contributed by atoms with Gasteiger partial charge in [-0.15, -0.1) is 29.7 Å². The van der Waals surface area contributed by atoms with E-state index >= 15 is 0 Å². The van der Waals surface area contributed by atoms with Gasteiger partial charge in [-0.3, -0.25) is 0 Å². The number of pyridine rings is 1. The number of hydrogen-bond donors (Lipinski definition) is 0. The molecule has 0 saturated carbocycles. The van der Waals surface area contributed by atoms with Crippen LogP contribution < -0.4 is 9.30 Å². The fourth-order valence-electron chi connectivity index (χ4n) is 8.45. The van der Waals surface area contributed by atoms with E-state index in [0.29, 0.717) is 17.2 Å². The number of nitrogens with zero attached hydrogens (tertiary/aromatic N) is 5. The Kier molecular flexibility index (Phi) is 11.7. The molecule has 0 aliphatic rings. The van der Waals surface area contributed by atoms with Gasteiger partial charge in [-0.05, 0) is 73.0 Å². The van der Waals surface area contributed by atoms with Gasteiger partial charge in [-0.2, -0.15) is 22.9 Å². The van der Waals surface area contributed by atoms with Crippen molar-refractivity contribution in [3.8, 4) is 28.7 Å². The van der Waals surface area contributed by atoms with E-state index in [-0.39, 0.29) is 37.3 Å². The fraction of sp³-hybridized carbons (Fsp3) is 0.246. The second-order valence-electron chi connectivity index (χ2n) is 19.8. The number of hydrogen-bond acceptors (Lipinski definition) is 3. The largest absolute Gasteiger partial charge is 0.510 e. The summed E-state index contributed by atoms with van der Waals surface area (Å²) in [6, 6.07) is 58.0. The summed E-state index contributed by atoms with van der Waals surface area (Å²) in [4.78, 5) is 4.93. The van der Waals surface area contributed by atoms with Crippen LogP contribution in [0, 0.1) is 18.5 Å². The van der Waals surface area contributed by atoms with Gasteiger partial charge in [0.1, 0.15) is 5.82 Å². The number of ether oxygens (including phenoxy) is 1. The van der Waals surface area contributed by atoms with Crippen molar-refractivity contribution < 1.29 is 30.4 Å². The molecule has 0 aliphatic heterocycles. The average molecular weight is 1020 g/mol. The van der Waals surface area contributed by atoms with Crippen molar-refractivity contribution in [1.82, 2.24) is 19.3 Å². The number of fused-ring (bicyclic) bond motifs is 3. The van der Waals surface area contributed by atoms with E-state index in [9.17, 15) is 0 Å². The molecule has 7 heteroatoms. The molecule has 9 aromatic rings. The molecular formula is C57H55N5OPt-2. The van der Waals surface area contributed by atoms with Crippen molar-refractivity contribution in [1.29, 1.82) is 0 Å². The zero-order valence-electron chi connectivity index (χ0n) is 38.4. The third-order valence-electron chi connectivity index (χ3n) is 12.5. The van der Waals surface area contributed by atoms with Crippen molar-refractivity contribution in [2.45, 2.75) is 90.9 Å². The molecule has 3 aromatic heterocycles. The van der Waals surface area contributed by atoms with Crippen LogP contribution in [-0.2, 0) is 42.7 Å². The van der Waals surface area contributed by atoms with Gasteiger partial charge in [-0.25, -0.2) is 4.98 Å². The first-order valence-corrected chi connectivity index (χ1v) is 21.8. The Morgan fingerprint density at radius 2 is 1.14 bits per heavy atom. The SMILES string of the molecule is CC(C)(C)c1cc(-[n+]2[c-]n(-c3[c-]c(Oc4[c-]c5c(cc4)c4ccccc4n5-c4cc(C(C)(C)c5ccccc5)ccn4)ccc3)nc2C(C)(C)c2ccccc2)cc(C(C)(C)C)c1.[Pt]. The Hall–Kier alpha value is -6.10. The third-order valence-corrected chi connectivity index (χ3v) is 12.5. The summed E-state index contributed by atoms with van der Waals surface area (Å²) >= 11 is 0. The number of benzene rings is 6. The normalized spacial score (nSPS) is 12.4. The predicted molar refractivity (Wildman–Crippen MR) is 255 cm³/mol. The van der Waals surface area contributed by atoms with Crippen LogP contribution in [0.15, 0.2) is 152 Å². The van der Waals surface area contributed by atoms with Crippen molar-refractivity contribution in [2.75, 3.05) is 0 Å². The van der Waals surface area contributed by atoms with Crippen LogP contribution in [0.25, 0.3) is 39.0 Å². The van der Waals surface area contributed by atoms with Gasteiger partial charge in [0.25, 0.3) is 0 Å². The summed E-state index contributed by atoms with van der Waals surface area (Å²) in [5, 5.41) is 7.50. The molecule has 0 fully saturated rings. The van der Waals surface area contributed by atoms with E-state index in [2.05, 4.69) is 218 Å². The van der Waals surface area contributed by atoms with Crippen molar-refractivity contribution in [2.24, 2.45) is 0 Å². The van der Waals surface area contributed by atoms with Crippen molar-refractivity contribution in [3.63, 3.8) is 0 Å². The molecule has 0 N–H and O–H groups in total. The molecule has 0 amide bonds. The average Bonchev–Trinajstić information content (AvgIpc) is 3.87. The van der Waals surface area contributed by atoms with E-state index in [1.54, 1.807) is 4.68 Å². The molecule has 6 aromatic carbocycles. The molecule has 0 unspecified atom stereocenters. The smallest absolute Gasteiger partial charge is 0.211 e. The standard InChI is InChI=1S/C57H55N5O.Pt/c1-54(2,3)42-32-43(55(4,5)6)34-45(33-42)60-38-61(59-53(60)57(9,10)40-22-15-12-16-23-40)44-24-19-25-46(36-44)63-47-28-29-49-48-26-17-18-27-50(48)62(51(49)37-47)52-35-41(30-31-58-52)56(7,8)39-20-13-11-14-21-39;/h11-35H,1-10H3;/q-2;. The molecule has 0 atom stereocenters. The fourth-order valence-corrected chi connectivity index (χ4v) is 8.45. The molecule has 326 valence electrons. The summed E-state index contributed by atoms with van der Waals surface area (Å²) in [5.74, 6) is 2.79. The van der Waals surface area contributed by atoms with E-state index < -0.39 is 5.41 Å². The van der Waals surface area contributed by atoms with Crippen molar-refractivity contribution >= 4 is 21.8 Å². The maximum atomic E-state index is 6.63. The Labute approximate surface area is 392 Å². The van der Waals surface area contributed by atoms with Gasteiger partial charge < -0.3 is 13.9 Å². The Morgan fingerprint density at radius 3 is 1.80 bits per heavy atom. The molecule has 6 nitrogen and oxygen atoms in total. The second kappa shape index (κ2) is 16.8. The van der Waals surface area contributed by atoms with Crippen LogP contribution in [0.1, 0.15) is 103 Å². The minimum Gasteiger partial charge on any atom is -0.510 e. The minimum atomic E-state index is -0.467. The van der Waals surface area contributed by atoms with Crippen LogP contribution in [0.5, 0.6) is 11.5 Å². The van der Waals surface area contributed by atoms with Gasteiger partial charge in [0, 0.05) is 60.8 Å². The van der Waals surface area contributed by atoms with E-state index in [4.69, 9.17) is 14.8 Å². The molecule has 9 rings (SSSR count). The van der Waals surface area contributed by atoms with Crippen LogP contribution in [0.4, 0.5) is 0 Å². The summed E-state index contributed by atoms with van der Waals surface area (Å²) in [6.07, 6.45) is 5.55. The zero-order valence-corrected chi connectivity index (χ0v) is 40.7. The minimum absolute atomic E-state index is 0. The second-order valence-corrected chi connectivity index (χ2v) is 19.8. The number of para-hydroxylation sites is 1. The molecule has 0 saturated heterocycles. The molecule has 3 heterocycles. The predicted octanol–water partition coefficient (Wildman–Crippen LogP) is 13.1. The Bertz CT molecular complexity index is 3080. The van der Waals surface area contributed by atoms with E-state index in [1.807, 2.05) is 30.5 Å². The van der Waals surface area contributed by atoms with E-state index in [1.165, 1.54) is 22.3 Å². The first kappa shape index (κ1) is 44.5. The number of rotatable bonds is 9. The summed E-state index contributed by atoms with van der Waals surface area (Å²) < 4.78 is 12.7.